The Morgan fingerprint density at radius 1 is 1.04 bits per heavy atom. The molecule has 2 heterocycles. The number of benzene rings is 1. The summed E-state index contributed by atoms with van der Waals surface area (Å²) in [5, 5.41) is 0. The van der Waals surface area contributed by atoms with Crippen LogP contribution in [0.5, 0.6) is 0 Å². The Kier molecular flexibility index (Phi) is 7.22. The van der Waals surface area contributed by atoms with Gasteiger partial charge in [0.2, 0.25) is 5.91 Å². The summed E-state index contributed by atoms with van der Waals surface area (Å²) >= 11 is 1.89. The fraction of sp³-hybridized carbons (Fsp3) is 0.636. The van der Waals surface area contributed by atoms with Gasteiger partial charge in [-0.25, -0.2) is 0 Å². The first kappa shape index (κ1) is 20.2. The van der Waals surface area contributed by atoms with E-state index in [1.807, 2.05) is 28.8 Å². The zero-order valence-electron chi connectivity index (χ0n) is 16.7. The second kappa shape index (κ2) is 9.63. The lowest BCUT2D eigenvalue weighted by Crippen LogP contribution is -2.47. The van der Waals surface area contributed by atoms with E-state index < -0.39 is 0 Å². The molecule has 0 aromatic heterocycles. The smallest absolute Gasteiger partial charge is 0.253 e. The standard InChI is InChI=1S/C22H32N2O2S/c1-3-27-16-18-6-8-19(9-7-18)21(25)23-13-10-20(11-14-23)22(26)24-12-4-5-17(2)15-24/h6-9,17,20H,3-5,10-16H2,1-2H3. The van der Waals surface area contributed by atoms with Gasteiger partial charge in [-0.05, 0) is 55.1 Å². The van der Waals surface area contributed by atoms with Crippen LogP contribution in [0.15, 0.2) is 24.3 Å². The highest BCUT2D eigenvalue weighted by Crippen LogP contribution is 2.24. The summed E-state index contributed by atoms with van der Waals surface area (Å²) in [6.45, 7) is 7.57. The van der Waals surface area contributed by atoms with Gasteiger partial charge in [0.1, 0.15) is 0 Å². The van der Waals surface area contributed by atoms with Crippen molar-refractivity contribution in [1.29, 1.82) is 0 Å². The zero-order chi connectivity index (χ0) is 19.2. The van der Waals surface area contributed by atoms with E-state index in [0.717, 1.165) is 49.4 Å². The lowest BCUT2D eigenvalue weighted by Gasteiger charge is -2.37. The average molecular weight is 389 g/mol. The Morgan fingerprint density at radius 3 is 2.37 bits per heavy atom. The predicted octanol–water partition coefficient (Wildman–Crippen LogP) is 4.05. The summed E-state index contributed by atoms with van der Waals surface area (Å²) in [4.78, 5) is 29.5. The SMILES string of the molecule is CCSCc1ccc(C(=O)N2CCC(C(=O)N3CCCC(C)C3)CC2)cc1. The molecule has 148 valence electrons. The van der Waals surface area contributed by atoms with Crippen molar-refractivity contribution in [2.45, 2.75) is 45.3 Å². The molecule has 3 rings (SSSR count). The van der Waals surface area contributed by atoms with E-state index in [1.54, 1.807) is 0 Å². The summed E-state index contributed by atoms with van der Waals surface area (Å²) in [6.07, 6.45) is 3.94. The van der Waals surface area contributed by atoms with Crippen molar-refractivity contribution in [3.8, 4) is 0 Å². The number of hydrogen-bond acceptors (Lipinski definition) is 3. The van der Waals surface area contributed by atoms with Crippen molar-refractivity contribution in [3.05, 3.63) is 35.4 Å². The molecule has 0 spiro atoms. The van der Waals surface area contributed by atoms with E-state index in [0.29, 0.717) is 24.9 Å². The number of likely N-dealkylation sites (tertiary alicyclic amines) is 2. The van der Waals surface area contributed by atoms with Crippen LogP contribution in [0.3, 0.4) is 0 Å². The van der Waals surface area contributed by atoms with Crippen LogP contribution in [0.1, 0.15) is 55.5 Å². The molecule has 1 aromatic carbocycles. The molecule has 2 amide bonds. The molecule has 0 radical (unpaired) electrons. The molecule has 1 unspecified atom stereocenters. The molecular weight excluding hydrogens is 356 g/mol. The highest BCUT2D eigenvalue weighted by molar-refractivity contribution is 7.98. The quantitative estimate of drug-likeness (QED) is 0.764. The third-order valence-corrected chi connectivity index (χ3v) is 6.72. The molecule has 1 aromatic rings. The fourth-order valence-electron chi connectivity index (χ4n) is 4.12. The topological polar surface area (TPSA) is 40.6 Å². The van der Waals surface area contributed by atoms with Crippen LogP contribution in [-0.2, 0) is 10.5 Å². The van der Waals surface area contributed by atoms with Gasteiger partial charge in [0.25, 0.3) is 5.91 Å². The monoisotopic (exact) mass is 388 g/mol. The molecule has 2 aliphatic rings. The largest absolute Gasteiger partial charge is 0.342 e. The van der Waals surface area contributed by atoms with Gasteiger partial charge in [0.05, 0.1) is 0 Å². The number of carbonyl (C=O) groups is 2. The Labute approximate surface area is 167 Å². The van der Waals surface area contributed by atoms with Gasteiger partial charge in [-0.2, -0.15) is 11.8 Å². The van der Waals surface area contributed by atoms with Gasteiger partial charge in [-0.1, -0.05) is 26.0 Å². The first-order valence-electron chi connectivity index (χ1n) is 10.3. The van der Waals surface area contributed by atoms with Crippen molar-refractivity contribution in [2.24, 2.45) is 11.8 Å². The number of nitrogens with zero attached hydrogens (tertiary/aromatic N) is 2. The second-order valence-corrected chi connectivity index (χ2v) is 9.21. The first-order valence-corrected chi connectivity index (χ1v) is 11.5. The number of hydrogen-bond donors (Lipinski definition) is 0. The van der Waals surface area contributed by atoms with E-state index >= 15 is 0 Å². The Hall–Kier alpha value is -1.49. The summed E-state index contributed by atoms with van der Waals surface area (Å²) in [7, 11) is 0. The number of thioether (sulfide) groups is 1. The summed E-state index contributed by atoms with van der Waals surface area (Å²) in [5.74, 6) is 3.21. The van der Waals surface area contributed by atoms with Crippen molar-refractivity contribution >= 4 is 23.6 Å². The lowest BCUT2D eigenvalue weighted by atomic mass is 9.92. The third kappa shape index (κ3) is 5.28. The van der Waals surface area contributed by atoms with Crippen LogP contribution in [0.25, 0.3) is 0 Å². The molecule has 0 bridgehead atoms. The van der Waals surface area contributed by atoms with Gasteiger partial charge < -0.3 is 9.80 Å². The molecule has 2 aliphatic heterocycles. The minimum absolute atomic E-state index is 0.0906. The molecular formula is C22H32N2O2S. The van der Waals surface area contributed by atoms with Crippen LogP contribution in [0.2, 0.25) is 0 Å². The molecule has 1 atom stereocenters. The molecule has 0 N–H and O–H groups in total. The third-order valence-electron chi connectivity index (χ3n) is 5.77. The van der Waals surface area contributed by atoms with Crippen molar-refractivity contribution in [3.63, 3.8) is 0 Å². The molecule has 4 nitrogen and oxygen atoms in total. The highest BCUT2D eigenvalue weighted by Gasteiger charge is 2.31. The minimum atomic E-state index is 0.0906. The Morgan fingerprint density at radius 2 is 1.74 bits per heavy atom. The molecule has 2 fully saturated rings. The van der Waals surface area contributed by atoms with E-state index in [2.05, 4.69) is 30.9 Å². The lowest BCUT2D eigenvalue weighted by molar-refractivity contribution is -0.138. The molecule has 2 saturated heterocycles. The summed E-state index contributed by atoms with van der Waals surface area (Å²) < 4.78 is 0. The maximum Gasteiger partial charge on any atom is 0.253 e. The van der Waals surface area contributed by atoms with Crippen molar-refractivity contribution in [2.75, 3.05) is 31.9 Å². The maximum atomic E-state index is 12.8. The minimum Gasteiger partial charge on any atom is -0.342 e. The van der Waals surface area contributed by atoms with Crippen molar-refractivity contribution in [1.82, 2.24) is 9.80 Å². The second-order valence-electron chi connectivity index (χ2n) is 7.93. The predicted molar refractivity (Wildman–Crippen MR) is 112 cm³/mol. The van der Waals surface area contributed by atoms with Gasteiger partial charge in [-0.15, -0.1) is 0 Å². The van der Waals surface area contributed by atoms with Gasteiger partial charge >= 0.3 is 0 Å². The van der Waals surface area contributed by atoms with E-state index in [-0.39, 0.29) is 11.8 Å². The molecule has 0 aliphatic carbocycles. The number of rotatable bonds is 5. The molecule has 0 saturated carbocycles. The number of carbonyl (C=O) groups excluding carboxylic acids is 2. The van der Waals surface area contributed by atoms with Crippen LogP contribution in [0, 0.1) is 11.8 Å². The average Bonchev–Trinajstić information content (AvgIpc) is 2.71. The first-order chi connectivity index (χ1) is 13.1. The Balaban J connectivity index is 1.51. The summed E-state index contributed by atoms with van der Waals surface area (Å²) in [5.41, 5.74) is 2.02. The van der Waals surface area contributed by atoms with Crippen LogP contribution in [-0.4, -0.2) is 53.5 Å². The van der Waals surface area contributed by atoms with E-state index in [9.17, 15) is 9.59 Å². The van der Waals surface area contributed by atoms with E-state index in [1.165, 1.54) is 12.0 Å². The highest BCUT2D eigenvalue weighted by atomic mass is 32.2. The van der Waals surface area contributed by atoms with Crippen LogP contribution < -0.4 is 0 Å². The van der Waals surface area contributed by atoms with Crippen LogP contribution in [0.4, 0.5) is 0 Å². The summed E-state index contributed by atoms with van der Waals surface area (Å²) in [6, 6.07) is 8.01. The number of amides is 2. The van der Waals surface area contributed by atoms with Gasteiger partial charge in [0.15, 0.2) is 0 Å². The Bertz CT molecular complexity index is 638. The normalized spacial score (nSPS) is 21.3. The fourth-order valence-corrected chi connectivity index (χ4v) is 4.76. The van der Waals surface area contributed by atoms with Gasteiger partial charge in [0, 0.05) is 43.4 Å². The van der Waals surface area contributed by atoms with Gasteiger partial charge in [-0.3, -0.25) is 9.59 Å². The zero-order valence-corrected chi connectivity index (χ0v) is 17.5. The molecule has 5 heteroatoms. The van der Waals surface area contributed by atoms with E-state index in [4.69, 9.17) is 0 Å². The van der Waals surface area contributed by atoms with Crippen LogP contribution >= 0.6 is 11.8 Å². The maximum absolute atomic E-state index is 12.8. The number of piperidine rings is 2. The molecule has 27 heavy (non-hydrogen) atoms. The van der Waals surface area contributed by atoms with Crippen molar-refractivity contribution < 1.29 is 9.59 Å².